The van der Waals surface area contributed by atoms with Gasteiger partial charge < -0.3 is 9.64 Å². The standard InChI is InChI=1S/C23H21NO/c1-16-8-12-20-18(14-16)10-11-19-15-17(2)9-13-21(19)24(20)22-6-4-5-7-23(22)25-3/h4-15H,1-3H3. The third kappa shape index (κ3) is 2.70. The van der Waals surface area contributed by atoms with E-state index in [9.17, 15) is 0 Å². The summed E-state index contributed by atoms with van der Waals surface area (Å²) in [5.41, 5.74) is 8.29. The van der Waals surface area contributed by atoms with Crippen molar-refractivity contribution in [1.82, 2.24) is 0 Å². The van der Waals surface area contributed by atoms with Gasteiger partial charge in [0.05, 0.1) is 24.2 Å². The summed E-state index contributed by atoms with van der Waals surface area (Å²) in [7, 11) is 1.72. The molecule has 0 saturated carbocycles. The van der Waals surface area contributed by atoms with Crippen molar-refractivity contribution in [3.8, 4) is 5.75 Å². The smallest absolute Gasteiger partial charge is 0.142 e. The van der Waals surface area contributed by atoms with Crippen LogP contribution in [0.3, 0.4) is 0 Å². The maximum atomic E-state index is 5.65. The van der Waals surface area contributed by atoms with Crippen molar-refractivity contribution in [2.45, 2.75) is 13.8 Å². The Morgan fingerprint density at radius 3 is 1.80 bits per heavy atom. The van der Waals surface area contributed by atoms with Crippen molar-refractivity contribution in [2.75, 3.05) is 12.0 Å². The number of fused-ring (bicyclic) bond motifs is 2. The highest BCUT2D eigenvalue weighted by Crippen LogP contribution is 2.45. The van der Waals surface area contributed by atoms with Gasteiger partial charge in [-0.1, -0.05) is 47.5 Å². The van der Waals surface area contributed by atoms with Gasteiger partial charge >= 0.3 is 0 Å². The number of nitrogens with zero attached hydrogens (tertiary/aromatic N) is 1. The van der Waals surface area contributed by atoms with Gasteiger partial charge in [-0.3, -0.25) is 0 Å². The Morgan fingerprint density at radius 1 is 0.680 bits per heavy atom. The van der Waals surface area contributed by atoms with E-state index in [4.69, 9.17) is 4.74 Å². The number of aryl methyl sites for hydroxylation is 2. The second kappa shape index (κ2) is 6.14. The fourth-order valence-corrected chi connectivity index (χ4v) is 3.41. The lowest BCUT2D eigenvalue weighted by atomic mass is 10.1. The third-order valence-electron chi connectivity index (χ3n) is 4.62. The molecule has 0 fully saturated rings. The minimum atomic E-state index is 0.863. The SMILES string of the molecule is COc1ccccc1N1c2ccc(C)cc2C=Cc2cc(C)ccc21. The molecule has 1 aliphatic heterocycles. The van der Waals surface area contributed by atoms with E-state index < -0.39 is 0 Å². The van der Waals surface area contributed by atoms with E-state index in [1.165, 1.54) is 22.3 Å². The topological polar surface area (TPSA) is 12.5 Å². The van der Waals surface area contributed by atoms with E-state index in [0.717, 1.165) is 22.8 Å². The van der Waals surface area contributed by atoms with Crippen LogP contribution in [0.15, 0.2) is 60.7 Å². The van der Waals surface area contributed by atoms with Crippen molar-refractivity contribution < 1.29 is 4.74 Å². The molecule has 0 unspecified atom stereocenters. The number of benzene rings is 3. The molecular weight excluding hydrogens is 306 g/mol. The first-order valence-corrected chi connectivity index (χ1v) is 8.50. The zero-order chi connectivity index (χ0) is 17.4. The van der Waals surface area contributed by atoms with Crippen LogP contribution in [0.2, 0.25) is 0 Å². The van der Waals surface area contributed by atoms with Gasteiger partial charge in [-0.05, 0) is 61.4 Å². The van der Waals surface area contributed by atoms with Gasteiger partial charge in [-0.25, -0.2) is 0 Å². The van der Waals surface area contributed by atoms with Gasteiger partial charge in [-0.15, -0.1) is 0 Å². The molecule has 0 saturated heterocycles. The van der Waals surface area contributed by atoms with E-state index in [1.54, 1.807) is 7.11 Å². The quantitative estimate of drug-likeness (QED) is 0.430. The van der Waals surface area contributed by atoms with Crippen LogP contribution in [0.25, 0.3) is 12.2 Å². The van der Waals surface area contributed by atoms with Gasteiger partial charge in [0.15, 0.2) is 0 Å². The van der Waals surface area contributed by atoms with Gasteiger partial charge in [-0.2, -0.15) is 0 Å². The molecule has 0 aliphatic carbocycles. The molecule has 0 radical (unpaired) electrons. The Morgan fingerprint density at radius 2 is 1.24 bits per heavy atom. The van der Waals surface area contributed by atoms with Crippen LogP contribution in [-0.2, 0) is 0 Å². The largest absolute Gasteiger partial charge is 0.495 e. The number of anilines is 3. The van der Waals surface area contributed by atoms with Crippen molar-refractivity contribution in [1.29, 1.82) is 0 Å². The average molecular weight is 327 g/mol. The summed E-state index contributed by atoms with van der Waals surface area (Å²) < 4.78 is 5.65. The van der Waals surface area contributed by atoms with E-state index in [2.05, 4.69) is 79.4 Å². The molecule has 3 aromatic carbocycles. The van der Waals surface area contributed by atoms with Crippen LogP contribution >= 0.6 is 0 Å². The molecule has 0 aromatic heterocycles. The minimum absolute atomic E-state index is 0.863. The highest BCUT2D eigenvalue weighted by Gasteiger charge is 2.22. The highest BCUT2D eigenvalue weighted by atomic mass is 16.5. The van der Waals surface area contributed by atoms with Crippen LogP contribution in [0.5, 0.6) is 5.75 Å². The number of para-hydroxylation sites is 2. The molecule has 2 heteroatoms. The molecular formula is C23H21NO. The van der Waals surface area contributed by atoms with Crippen LogP contribution in [0.4, 0.5) is 17.1 Å². The van der Waals surface area contributed by atoms with Gasteiger partial charge in [0.1, 0.15) is 5.75 Å². The molecule has 4 rings (SSSR count). The fraction of sp³-hybridized carbons (Fsp3) is 0.130. The maximum Gasteiger partial charge on any atom is 0.142 e. The third-order valence-corrected chi connectivity index (χ3v) is 4.62. The summed E-state index contributed by atoms with van der Waals surface area (Å²) in [5, 5.41) is 0. The molecule has 0 amide bonds. The van der Waals surface area contributed by atoms with Gasteiger partial charge in [0.25, 0.3) is 0 Å². The molecule has 0 N–H and O–H groups in total. The number of methoxy groups -OCH3 is 1. The molecule has 3 aromatic rings. The normalized spacial score (nSPS) is 12.4. The van der Waals surface area contributed by atoms with Crippen molar-refractivity contribution in [2.24, 2.45) is 0 Å². The summed E-state index contributed by atoms with van der Waals surface area (Å²) in [6.07, 6.45) is 4.41. The zero-order valence-electron chi connectivity index (χ0n) is 14.8. The van der Waals surface area contributed by atoms with Gasteiger partial charge in [0, 0.05) is 0 Å². The van der Waals surface area contributed by atoms with Crippen LogP contribution in [0, 0.1) is 13.8 Å². The summed E-state index contributed by atoms with van der Waals surface area (Å²) in [4.78, 5) is 2.29. The summed E-state index contributed by atoms with van der Waals surface area (Å²) >= 11 is 0. The summed E-state index contributed by atoms with van der Waals surface area (Å²) in [6, 6.07) is 21.3. The Kier molecular flexibility index (Phi) is 3.81. The number of ether oxygens (including phenoxy) is 1. The van der Waals surface area contributed by atoms with Crippen molar-refractivity contribution in [3.63, 3.8) is 0 Å². The molecule has 124 valence electrons. The summed E-state index contributed by atoms with van der Waals surface area (Å²) in [5.74, 6) is 0.863. The zero-order valence-corrected chi connectivity index (χ0v) is 14.8. The number of hydrogen-bond donors (Lipinski definition) is 0. The van der Waals surface area contributed by atoms with Crippen molar-refractivity contribution in [3.05, 3.63) is 82.9 Å². The first kappa shape index (κ1) is 15.5. The lowest BCUT2D eigenvalue weighted by Gasteiger charge is -2.28. The number of rotatable bonds is 2. The Balaban J connectivity index is 2.04. The molecule has 0 atom stereocenters. The lowest BCUT2D eigenvalue weighted by Crippen LogP contribution is -2.13. The maximum absolute atomic E-state index is 5.65. The predicted molar refractivity (Wildman–Crippen MR) is 106 cm³/mol. The molecule has 0 spiro atoms. The van der Waals surface area contributed by atoms with Crippen LogP contribution in [0.1, 0.15) is 22.3 Å². The Labute approximate surface area is 149 Å². The first-order chi connectivity index (χ1) is 12.2. The van der Waals surface area contributed by atoms with E-state index in [1.807, 2.05) is 12.1 Å². The Hall–Kier alpha value is -3.00. The predicted octanol–water partition coefficient (Wildman–Crippen LogP) is 6.27. The van der Waals surface area contributed by atoms with Gasteiger partial charge in [0.2, 0.25) is 0 Å². The van der Waals surface area contributed by atoms with Crippen LogP contribution < -0.4 is 9.64 Å². The molecule has 1 aliphatic rings. The minimum Gasteiger partial charge on any atom is -0.495 e. The first-order valence-electron chi connectivity index (χ1n) is 8.50. The molecule has 0 bridgehead atoms. The Bertz CT molecular complexity index is 916. The molecule has 25 heavy (non-hydrogen) atoms. The van der Waals surface area contributed by atoms with E-state index in [0.29, 0.717) is 0 Å². The van der Waals surface area contributed by atoms with E-state index >= 15 is 0 Å². The van der Waals surface area contributed by atoms with E-state index in [-0.39, 0.29) is 0 Å². The van der Waals surface area contributed by atoms with Crippen LogP contribution in [-0.4, -0.2) is 7.11 Å². The monoisotopic (exact) mass is 327 g/mol. The molecule has 2 nitrogen and oxygen atoms in total. The second-order valence-corrected chi connectivity index (χ2v) is 6.47. The average Bonchev–Trinajstić information content (AvgIpc) is 2.78. The fourth-order valence-electron chi connectivity index (χ4n) is 3.41. The summed E-state index contributed by atoms with van der Waals surface area (Å²) in [6.45, 7) is 4.26. The lowest BCUT2D eigenvalue weighted by molar-refractivity contribution is 0.416. The number of hydrogen-bond acceptors (Lipinski definition) is 2. The highest BCUT2D eigenvalue weighted by molar-refractivity contribution is 5.94. The second-order valence-electron chi connectivity index (χ2n) is 6.47. The van der Waals surface area contributed by atoms with Crippen molar-refractivity contribution >= 4 is 29.2 Å². The molecule has 1 heterocycles.